The minimum absolute atomic E-state index is 0.696. The van der Waals surface area contributed by atoms with Crippen molar-refractivity contribution in [2.45, 2.75) is 38.4 Å². The molecule has 2 aliphatic rings. The van der Waals surface area contributed by atoms with Gasteiger partial charge in [-0.05, 0) is 37.3 Å². The van der Waals surface area contributed by atoms with E-state index in [-0.39, 0.29) is 0 Å². The lowest BCUT2D eigenvalue weighted by Gasteiger charge is -2.25. The molecule has 0 aromatic carbocycles. The van der Waals surface area contributed by atoms with Crippen LogP contribution in [0, 0.1) is 0 Å². The van der Waals surface area contributed by atoms with Crippen molar-refractivity contribution in [3.05, 3.63) is 28.5 Å². The van der Waals surface area contributed by atoms with Gasteiger partial charge in [0.15, 0.2) is 0 Å². The summed E-state index contributed by atoms with van der Waals surface area (Å²) in [5.41, 5.74) is 6.62. The predicted octanol–water partition coefficient (Wildman–Crippen LogP) is 1.30. The second-order valence-corrected chi connectivity index (χ2v) is 3.75. The quantitative estimate of drug-likeness (QED) is 0.626. The van der Waals surface area contributed by atoms with Crippen LogP contribution in [-0.2, 0) is 0 Å². The zero-order chi connectivity index (χ0) is 9.42. The van der Waals surface area contributed by atoms with E-state index in [4.69, 9.17) is 0 Å². The number of fused-ring (bicyclic) bond motifs is 1. The van der Waals surface area contributed by atoms with Crippen LogP contribution in [0.15, 0.2) is 28.5 Å². The molecule has 2 rings (SSSR count). The van der Waals surface area contributed by atoms with Gasteiger partial charge in [0.1, 0.15) is 6.10 Å². The van der Waals surface area contributed by atoms with Gasteiger partial charge in [-0.25, -0.2) is 0 Å². The third kappa shape index (κ3) is 1.49. The van der Waals surface area contributed by atoms with Gasteiger partial charge in [0, 0.05) is 5.57 Å². The molecule has 0 amide bonds. The highest BCUT2D eigenvalue weighted by molar-refractivity contribution is 5.44. The van der Waals surface area contributed by atoms with E-state index in [2.05, 4.69) is 11.8 Å². The first-order valence-corrected chi connectivity index (χ1v) is 4.72. The summed E-state index contributed by atoms with van der Waals surface area (Å²) in [6.45, 7) is 1.60. The van der Waals surface area contributed by atoms with Gasteiger partial charge in [0.2, 0.25) is 0 Å². The zero-order valence-corrected chi connectivity index (χ0v) is 7.75. The maximum absolute atomic E-state index is 9.59. The largest absolute Gasteiger partial charge is 0.390 e. The van der Waals surface area contributed by atoms with Crippen LogP contribution in [0.4, 0.5) is 0 Å². The number of allylic oxidation sites excluding steroid dienone is 2. The highest BCUT2D eigenvalue weighted by Gasteiger charge is 2.23. The third-order valence-corrected chi connectivity index (χ3v) is 2.73. The standard InChI is InChI=1S/C11H14O2/c1-7(12)11(13)10-5-3-8-2-4-9(8)6-10/h3,7,11-13H,2,4-5H2,1H3. The second kappa shape index (κ2) is 3.15. The Labute approximate surface area is 77.9 Å². The van der Waals surface area contributed by atoms with E-state index in [1.807, 2.05) is 0 Å². The Morgan fingerprint density at radius 3 is 2.62 bits per heavy atom. The molecule has 1 fully saturated rings. The number of rotatable bonds is 2. The van der Waals surface area contributed by atoms with Gasteiger partial charge in [-0.2, -0.15) is 0 Å². The summed E-state index contributed by atoms with van der Waals surface area (Å²) in [4.78, 5) is 0. The summed E-state index contributed by atoms with van der Waals surface area (Å²) in [6.07, 6.45) is 3.66. The molecule has 2 atom stereocenters. The van der Waals surface area contributed by atoms with Crippen molar-refractivity contribution < 1.29 is 10.2 Å². The average molecular weight is 178 g/mol. The molecule has 1 saturated carbocycles. The molecule has 0 heterocycles. The highest BCUT2D eigenvalue weighted by Crippen LogP contribution is 2.36. The van der Waals surface area contributed by atoms with Crippen molar-refractivity contribution in [2.24, 2.45) is 0 Å². The first-order chi connectivity index (χ1) is 6.18. The van der Waals surface area contributed by atoms with Crippen molar-refractivity contribution in [3.8, 4) is 0 Å². The fourth-order valence-electron chi connectivity index (χ4n) is 1.73. The van der Waals surface area contributed by atoms with E-state index in [0.717, 1.165) is 24.8 Å². The molecule has 2 nitrogen and oxygen atoms in total. The molecule has 0 bridgehead atoms. The van der Waals surface area contributed by atoms with Crippen molar-refractivity contribution >= 4 is 0 Å². The van der Waals surface area contributed by atoms with Crippen molar-refractivity contribution in [2.75, 3.05) is 0 Å². The maximum atomic E-state index is 9.59. The molecule has 70 valence electrons. The molecule has 13 heavy (non-hydrogen) atoms. The van der Waals surface area contributed by atoms with Gasteiger partial charge < -0.3 is 10.2 Å². The first kappa shape index (κ1) is 8.76. The monoisotopic (exact) mass is 178 g/mol. The average Bonchev–Trinajstić information content (AvgIpc) is 2.06. The molecule has 2 heteroatoms. The smallest absolute Gasteiger partial charge is 0.108 e. The molecule has 0 saturated heterocycles. The number of aliphatic hydroxyl groups is 2. The Kier molecular flexibility index (Phi) is 2.12. The number of hydrogen-bond donors (Lipinski definition) is 2. The van der Waals surface area contributed by atoms with E-state index in [0.29, 0.717) is 0 Å². The van der Waals surface area contributed by atoms with Gasteiger partial charge >= 0.3 is 0 Å². The normalized spacial score (nSPS) is 24.7. The van der Waals surface area contributed by atoms with E-state index in [1.165, 1.54) is 11.1 Å². The molecule has 2 aliphatic carbocycles. The lowest BCUT2D eigenvalue weighted by atomic mass is 9.81. The van der Waals surface area contributed by atoms with E-state index in [9.17, 15) is 10.2 Å². The molecule has 0 aromatic heterocycles. The van der Waals surface area contributed by atoms with Gasteiger partial charge in [0.25, 0.3) is 0 Å². The highest BCUT2D eigenvalue weighted by atomic mass is 16.3. The first-order valence-electron chi connectivity index (χ1n) is 4.72. The SMILES string of the molecule is CC(O)C(O)C1=C=C2CCC2=CC1. The van der Waals surface area contributed by atoms with Gasteiger partial charge in [0.05, 0.1) is 6.10 Å². The van der Waals surface area contributed by atoms with Crippen LogP contribution in [0.5, 0.6) is 0 Å². The maximum Gasteiger partial charge on any atom is 0.108 e. The second-order valence-electron chi connectivity index (χ2n) is 3.75. The zero-order valence-electron chi connectivity index (χ0n) is 7.75. The van der Waals surface area contributed by atoms with Gasteiger partial charge in [-0.3, -0.25) is 0 Å². The molecular formula is C11H14O2. The molecule has 0 radical (unpaired) electrons. The summed E-state index contributed by atoms with van der Waals surface area (Å²) in [5, 5.41) is 18.8. The topological polar surface area (TPSA) is 40.5 Å². The van der Waals surface area contributed by atoms with Crippen LogP contribution in [0.1, 0.15) is 26.2 Å². The molecule has 0 aliphatic heterocycles. The van der Waals surface area contributed by atoms with Gasteiger partial charge in [-0.15, -0.1) is 5.73 Å². The number of aliphatic hydroxyl groups excluding tert-OH is 2. The van der Waals surface area contributed by atoms with Crippen LogP contribution in [-0.4, -0.2) is 22.4 Å². The molecular weight excluding hydrogens is 164 g/mol. The Balaban J connectivity index is 2.23. The van der Waals surface area contributed by atoms with Crippen molar-refractivity contribution in [1.29, 1.82) is 0 Å². The Hall–Kier alpha value is -0.820. The minimum atomic E-state index is -0.745. The summed E-state index contributed by atoms with van der Waals surface area (Å²) < 4.78 is 0. The van der Waals surface area contributed by atoms with Crippen LogP contribution < -0.4 is 0 Å². The minimum Gasteiger partial charge on any atom is -0.390 e. The summed E-state index contributed by atoms with van der Waals surface area (Å²) in [6, 6.07) is 0. The fraction of sp³-hybridized carbons (Fsp3) is 0.545. The summed E-state index contributed by atoms with van der Waals surface area (Å²) >= 11 is 0. The van der Waals surface area contributed by atoms with Crippen LogP contribution in [0.2, 0.25) is 0 Å². The Morgan fingerprint density at radius 2 is 2.15 bits per heavy atom. The van der Waals surface area contributed by atoms with Crippen LogP contribution in [0.25, 0.3) is 0 Å². The third-order valence-electron chi connectivity index (χ3n) is 2.73. The van der Waals surface area contributed by atoms with Crippen LogP contribution >= 0.6 is 0 Å². The van der Waals surface area contributed by atoms with Crippen molar-refractivity contribution in [1.82, 2.24) is 0 Å². The molecule has 2 N–H and O–H groups in total. The lowest BCUT2D eigenvalue weighted by molar-refractivity contribution is 0.0535. The number of hydrogen-bond acceptors (Lipinski definition) is 2. The fourth-order valence-corrected chi connectivity index (χ4v) is 1.73. The van der Waals surface area contributed by atoms with Gasteiger partial charge in [-0.1, -0.05) is 6.08 Å². The Bertz CT molecular complexity index is 317. The summed E-state index contributed by atoms with van der Waals surface area (Å²) in [5.74, 6) is 0. The summed E-state index contributed by atoms with van der Waals surface area (Å²) in [7, 11) is 0. The Morgan fingerprint density at radius 1 is 1.38 bits per heavy atom. The van der Waals surface area contributed by atoms with E-state index >= 15 is 0 Å². The predicted molar refractivity (Wildman–Crippen MR) is 50.2 cm³/mol. The molecule has 2 unspecified atom stereocenters. The lowest BCUT2D eigenvalue weighted by Crippen LogP contribution is -2.25. The van der Waals surface area contributed by atoms with Crippen LogP contribution in [0.3, 0.4) is 0 Å². The molecule has 0 spiro atoms. The van der Waals surface area contributed by atoms with E-state index < -0.39 is 12.2 Å². The van der Waals surface area contributed by atoms with Crippen molar-refractivity contribution in [3.63, 3.8) is 0 Å². The molecule has 0 aromatic rings. The van der Waals surface area contributed by atoms with E-state index in [1.54, 1.807) is 6.92 Å².